The van der Waals surface area contributed by atoms with Crippen molar-refractivity contribution in [2.75, 3.05) is 18.4 Å². The third kappa shape index (κ3) is 5.14. The van der Waals surface area contributed by atoms with E-state index in [1.165, 1.54) is 29.6 Å². The normalized spacial score (nSPS) is 14.8. The van der Waals surface area contributed by atoms with Crippen LogP contribution in [0.5, 0.6) is 0 Å². The highest BCUT2D eigenvalue weighted by molar-refractivity contribution is 7.97. The molecule has 1 aliphatic rings. The van der Waals surface area contributed by atoms with E-state index in [0.717, 1.165) is 60.4 Å². The Hall–Kier alpha value is -3.76. The van der Waals surface area contributed by atoms with Crippen LogP contribution in [0.1, 0.15) is 35.6 Å². The number of hydrogen-bond acceptors (Lipinski definition) is 6. The Bertz CT molecular complexity index is 1560. The van der Waals surface area contributed by atoms with Crippen LogP contribution in [-0.2, 0) is 6.54 Å². The van der Waals surface area contributed by atoms with Crippen molar-refractivity contribution in [3.05, 3.63) is 102 Å². The molecule has 0 saturated carbocycles. The molecule has 7 nitrogen and oxygen atoms in total. The Morgan fingerprint density at radius 2 is 1.87 bits per heavy atom. The summed E-state index contributed by atoms with van der Waals surface area (Å²) >= 11 is 1.35. The molecule has 0 spiro atoms. The Kier molecular flexibility index (Phi) is 6.82. The van der Waals surface area contributed by atoms with Crippen molar-refractivity contribution < 1.29 is 8.78 Å². The minimum absolute atomic E-state index is 0.288. The Morgan fingerprint density at radius 3 is 2.66 bits per heavy atom. The molecule has 1 aliphatic heterocycles. The molecule has 194 valence electrons. The van der Waals surface area contributed by atoms with Gasteiger partial charge in [0.15, 0.2) is 5.65 Å². The van der Waals surface area contributed by atoms with Crippen LogP contribution in [0.4, 0.5) is 14.6 Å². The first-order valence-electron chi connectivity index (χ1n) is 12.6. The predicted molar refractivity (Wildman–Crippen MR) is 144 cm³/mol. The molecule has 1 saturated heterocycles. The second kappa shape index (κ2) is 10.5. The summed E-state index contributed by atoms with van der Waals surface area (Å²) < 4.78 is 33.3. The Morgan fingerprint density at radius 1 is 1.05 bits per heavy atom. The third-order valence-corrected chi connectivity index (χ3v) is 7.96. The summed E-state index contributed by atoms with van der Waals surface area (Å²) in [5.41, 5.74) is 5.03. The van der Waals surface area contributed by atoms with Crippen LogP contribution in [0, 0.1) is 18.6 Å². The summed E-state index contributed by atoms with van der Waals surface area (Å²) in [7, 11) is 0. The minimum atomic E-state index is -0.558. The van der Waals surface area contributed by atoms with Crippen molar-refractivity contribution >= 4 is 23.4 Å². The number of anilines is 1. The van der Waals surface area contributed by atoms with Gasteiger partial charge in [0.1, 0.15) is 17.5 Å². The lowest BCUT2D eigenvalue weighted by Crippen LogP contribution is -2.27. The Labute approximate surface area is 223 Å². The molecule has 38 heavy (non-hydrogen) atoms. The lowest BCUT2D eigenvalue weighted by atomic mass is 9.95. The number of halogens is 2. The molecule has 0 unspecified atom stereocenters. The van der Waals surface area contributed by atoms with E-state index >= 15 is 0 Å². The molecule has 1 N–H and O–H groups in total. The number of nitrogens with one attached hydrogen (secondary N) is 1. The maximum absolute atomic E-state index is 14.1. The van der Waals surface area contributed by atoms with E-state index in [2.05, 4.69) is 57.0 Å². The SMILES string of the molecule is Cc1ccc(-n2nc(C3CCN(Sc4ccc(F)cc4F)CC3)cc2NCc2cnn3cccnc23)cc1. The predicted octanol–water partition coefficient (Wildman–Crippen LogP) is 6.00. The van der Waals surface area contributed by atoms with E-state index in [4.69, 9.17) is 5.10 Å². The van der Waals surface area contributed by atoms with Crippen LogP contribution in [0.3, 0.4) is 0 Å². The molecule has 4 heterocycles. The summed E-state index contributed by atoms with van der Waals surface area (Å²) in [5.74, 6) is 0.114. The molecular weight excluding hydrogens is 504 g/mol. The molecule has 1 fully saturated rings. The van der Waals surface area contributed by atoms with Crippen LogP contribution in [0.15, 0.2) is 78.1 Å². The molecule has 0 radical (unpaired) electrons. The molecule has 0 aliphatic carbocycles. The van der Waals surface area contributed by atoms with Gasteiger partial charge in [0.25, 0.3) is 0 Å². The van der Waals surface area contributed by atoms with Gasteiger partial charge in [-0.2, -0.15) is 10.2 Å². The molecule has 0 atom stereocenters. The van der Waals surface area contributed by atoms with Crippen LogP contribution in [-0.4, -0.2) is 41.8 Å². The van der Waals surface area contributed by atoms with Gasteiger partial charge < -0.3 is 5.32 Å². The van der Waals surface area contributed by atoms with Crippen molar-refractivity contribution in [3.8, 4) is 5.69 Å². The largest absolute Gasteiger partial charge is 0.366 e. The van der Waals surface area contributed by atoms with Gasteiger partial charge in [-0.05, 0) is 62.0 Å². The van der Waals surface area contributed by atoms with Crippen molar-refractivity contribution in [3.63, 3.8) is 0 Å². The zero-order chi connectivity index (χ0) is 26.1. The standard InChI is InChI=1S/C28H27F2N7S/c1-19-3-6-23(7-4-19)37-27(32-17-21-18-33-36-12-2-11-31-28(21)36)16-25(34-37)20-9-13-35(14-10-20)38-26-8-5-22(29)15-24(26)30/h2-8,11-12,15-16,18,20,32H,9-10,13-14,17H2,1H3. The first kappa shape index (κ1) is 24.6. The first-order chi connectivity index (χ1) is 18.5. The summed E-state index contributed by atoms with van der Waals surface area (Å²) in [6.45, 7) is 4.22. The van der Waals surface area contributed by atoms with Crippen LogP contribution >= 0.6 is 11.9 Å². The number of rotatable bonds is 7. The molecule has 0 amide bonds. The van der Waals surface area contributed by atoms with E-state index in [0.29, 0.717) is 11.4 Å². The second-order valence-corrected chi connectivity index (χ2v) is 10.6. The number of hydrogen-bond donors (Lipinski definition) is 1. The number of aryl methyl sites for hydroxylation is 1. The molecule has 5 aromatic rings. The molecule has 2 aromatic carbocycles. The van der Waals surface area contributed by atoms with E-state index in [1.807, 2.05) is 23.1 Å². The zero-order valence-corrected chi connectivity index (χ0v) is 21.7. The fourth-order valence-corrected chi connectivity index (χ4v) is 5.67. The fourth-order valence-electron chi connectivity index (χ4n) is 4.73. The number of nitrogens with zero attached hydrogens (tertiary/aromatic N) is 6. The molecular formula is C28H27F2N7S. The average molecular weight is 532 g/mol. The van der Waals surface area contributed by atoms with Gasteiger partial charge in [-0.25, -0.2) is 27.3 Å². The topological polar surface area (TPSA) is 63.3 Å². The average Bonchev–Trinajstić information content (AvgIpc) is 3.54. The smallest absolute Gasteiger partial charge is 0.159 e. The number of aromatic nitrogens is 5. The van der Waals surface area contributed by atoms with Crippen molar-refractivity contribution in [1.29, 1.82) is 0 Å². The number of benzene rings is 2. The lowest BCUT2D eigenvalue weighted by molar-refractivity contribution is 0.341. The summed E-state index contributed by atoms with van der Waals surface area (Å²) in [6, 6.07) is 16.0. The second-order valence-electron chi connectivity index (χ2n) is 9.48. The highest BCUT2D eigenvalue weighted by atomic mass is 32.2. The maximum atomic E-state index is 14.1. The highest BCUT2D eigenvalue weighted by Gasteiger charge is 2.25. The third-order valence-electron chi connectivity index (χ3n) is 6.81. The van der Waals surface area contributed by atoms with Gasteiger partial charge in [-0.3, -0.25) is 0 Å². The quantitative estimate of drug-likeness (QED) is 0.260. The van der Waals surface area contributed by atoms with E-state index < -0.39 is 11.6 Å². The van der Waals surface area contributed by atoms with Crippen molar-refractivity contribution in [2.24, 2.45) is 0 Å². The molecule has 10 heteroatoms. The van der Waals surface area contributed by atoms with E-state index in [1.54, 1.807) is 10.7 Å². The first-order valence-corrected chi connectivity index (χ1v) is 13.4. The van der Waals surface area contributed by atoms with Gasteiger partial charge in [0.05, 0.1) is 22.5 Å². The number of piperidine rings is 1. The minimum Gasteiger partial charge on any atom is -0.366 e. The van der Waals surface area contributed by atoms with Crippen LogP contribution in [0.2, 0.25) is 0 Å². The van der Waals surface area contributed by atoms with Crippen LogP contribution in [0.25, 0.3) is 11.3 Å². The van der Waals surface area contributed by atoms with Crippen molar-refractivity contribution in [2.45, 2.75) is 37.1 Å². The summed E-state index contributed by atoms with van der Waals surface area (Å²) in [4.78, 5) is 4.90. The highest BCUT2D eigenvalue weighted by Crippen LogP contribution is 2.35. The molecule has 0 bridgehead atoms. The van der Waals surface area contributed by atoms with Gasteiger partial charge >= 0.3 is 0 Å². The van der Waals surface area contributed by atoms with Gasteiger partial charge in [0, 0.05) is 55.6 Å². The monoisotopic (exact) mass is 531 g/mol. The molecule has 3 aromatic heterocycles. The fraction of sp³-hybridized carbons (Fsp3) is 0.250. The van der Waals surface area contributed by atoms with Gasteiger partial charge in [-0.15, -0.1) is 0 Å². The lowest BCUT2D eigenvalue weighted by Gasteiger charge is -2.30. The van der Waals surface area contributed by atoms with Gasteiger partial charge in [0.2, 0.25) is 0 Å². The van der Waals surface area contributed by atoms with Crippen molar-refractivity contribution in [1.82, 2.24) is 28.7 Å². The molecule has 6 rings (SSSR count). The number of fused-ring (bicyclic) bond motifs is 1. The zero-order valence-electron chi connectivity index (χ0n) is 20.9. The van der Waals surface area contributed by atoms with E-state index in [-0.39, 0.29) is 5.92 Å². The summed E-state index contributed by atoms with van der Waals surface area (Å²) in [6.07, 6.45) is 7.29. The maximum Gasteiger partial charge on any atom is 0.159 e. The van der Waals surface area contributed by atoms with Gasteiger partial charge in [-0.1, -0.05) is 17.7 Å². The summed E-state index contributed by atoms with van der Waals surface area (Å²) in [5, 5.41) is 13.0. The van der Waals surface area contributed by atoms with E-state index in [9.17, 15) is 8.78 Å². The Balaban J connectivity index is 1.19. The van der Waals surface area contributed by atoms with Crippen LogP contribution < -0.4 is 5.32 Å².